The van der Waals surface area contributed by atoms with Gasteiger partial charge in [0.1, 0.15) is 5.82 Å². The third kappa shape index (κ3) is 5.07. The molecule has 0 spiro atoms. The van der Waals surface area contributed by atoms with E-state index in [1.807, 2.05) is 0 Å². The van der Waals surface area contributed by atoms with Crippen LogP contribution < -0.4 is 10.1 Å². The van der Waals surface area contributed by atoms with Crippen molar-refractivity contribution in [3.05, 3.63) is 69.5 Å². The van der Waals surface area contributed by atoms with Gasteiger partial charge in [-0.1, -0.05) is 39.7 Å². The smallest absolute Gasteiger partial charge is 0.435 e. The van der Waals surface area contributed by atoms with Crippen molar-refractivity contribution in [3.8, 4) is 11.6 Å². The minimum Gasteiger partial charge on any atom is -0.467 e. The molecule has 0 saturated heterocycles. The molecule has 0 aliphatic rings. The number of benzene rings is 2. The monoisotopic (exact) mass is 491 g/mol. The molecule has 0 saturated carbocycles. The lowest BCUT2D eigenvalue weighted by Crippen LogP contribution is -2.21. The zero-order valence-corrected chi connectivity index (χ0v) is 16.6. The summed E-state index contributed by atoms with van der Waals surface area (Å²) in [5.41, 5.74) is -1.18. The molecule has 29 heavy (non-hydrogen) atoms. The molecule has 11 heteroatoms. The van der Waals surface area contributed by atoms with Gasteiger partial charge in [-0.3, -0.25) is 4.79 Å². The molecule has 1 aromatic heterocycles. The highest BCUT2D eigenvalue weighted by atomic mass is 79.9. The van der Waals surface area contributed by atoms with Gasteiger partial charge < -0.3 is 10.1 Å². The maximum atomic E-state index is 13.8. The number of nitrogens with one attached hydrogen (secondary N) is 1. The van der Waals surface area contributed by atoms with Gasteiger partial charge in [0, 0.05) is 10.5 Å². The number of halogens is 6. The second kappa shape index (κ2) is 8.42. The number of carbonyl (C=O) groups is 1. The Labute approximate surface area is 175 Å². The number of nitrogens with zero attached hydrogens (tertiary/aromatic N) is 2. The Morgan fingerprint density at radius 2 is 1.93 bits per heavy atom. The Morgan fingerprint density at radius 1 is 1.21 bits per heavy atom. The summed E-state index contributed by atoms with van der Waals surface area (Å²) in [6.07, 6.45) is -4.73. The number of para-hydroxylation sites is 1. The van der Waals surface area contributed by atoms with Crippen LogP contribution in [-0.2, 0) is 11.0 Å². The molecule has 152 valence electrons. The minimum absolute atomic E-state index is 0.0996. The fourth-order valence-corrected chi connectivity index (χ4v) is 2.87. The van der Waals surface area contributed by atoms with Gasteiger partial charge in [0.2, 0.25) is 5.88 Å². The predicted molar refractivity (Wildman–Crippen MR) is 102 cm³/mol. The van der Waals surface area contributed by atoms with E-state index in [2.05, 4.69) is 26.3 Å². The van der Waals surface area contributed by atoms with Gasteiger partial charge >= 0.3 is 6.18 Å². The first-order valence-corrected chi connectivity index (χ1v) is 9.12. The van der Waals surface area contributed by atoms with Gasteiger partial charge in [-0.05, 0) is 30.3 Å². The molecule has 0 aliphatic carbocycles. The summed E-state index contributed by atoms with van der Waals surface area (Å²) < 4.78 is 59.6. The minimum atomic E-state index is -4.73. The number of alkyl halides is 3. The number of hydrogen-bond donors (Lipinski definition) is 1. The lowest BCUT2D eigenvalue weighted by atomic mass is 10.3. The summed E-state index contributed by atoms with van der Waals surface area (Å²) in [6, 6.07) is 10.7. The SMILES string of the molecule is O=C(COc1cc(C(F)(F)F)nn1-c1ccccc1Cl)Nc1ccc(Br)cc1F. The van der Waals surface area contributed by atoms with Crippen molar-refractivity contribution >= 4 is 39.1 Å². The number of aromatic nitrogens is 2. The third-order valence-electron chi connectivity index (χ3n) is 3.60. The predicted octanol–water partition coefficient (Wildman–Crippen LogP) is 5.46. The van der Waals surface area contributed by atoms with E-state index in [9.17, 15) is 22.4 Å². The van der Waals surface area contributed by atoms with Gasteiger partial charge in [-0.2, -0.15) is 23.0 Å². The van der Waals surface area contributed by atoms with E-state index >= 15 is 0 Å². The van der Waals surface area contributed by atoms with E-state index in [-0.39, 0.29) is 22.3 Å². The van der Waals surface area contributed by atoms with Crippen molar-refractivity contribution < 1.29 is 27.1 Å². The fourth-order valence-electron chi connectivity index (χ4n) is 2.32. The first-order chi connectivity index (χ1) is 13.6. The Kier molecular flexibility index (Phi) is 6.13. The van der Waals surface area contributed by atoms with E-state index in [0.29, 0.717) is 10.5 Å². The van der Waals surface area contributed by atoms with Crippen molar-refractivity contribution in [2.24, 2.45) is 0 Å². The molecule has 0 bridgehead atoms. The number of rotatable bonds is 5. The average Bonchev–Trinajstić information content (AvgIpc) is 3.07. The molecule has 0 atom stereocenters. The standard InChI is InChI=1S/C18H11BrClF4N3O2/c19-10-5-6-13(12(21)7-10)25-16(28)9-29-17-8-15(18(22,23)24)26-27(17)14-4-2-1-3-11(14)20/h1-8H,9H2,(H,25,28). The molecule has 1 N–H and O–H groups in total. The van der Waals surface area contributed by atoms with Gasteiger partial charge in [-0.15, -0.1) is 0 Å². The normalized spacial score (nSPS) is 11.4. The summed E-state index contributed by atoms with van der Waals surface area (Å²) in [7, 11) is 0. The molecular weight excluding hydrogens is 482 g/mol. The van der Waals surface area contributed by atoms with Crippen LogP contribution in [0.2, 0.25) is 5.02 Å². The van der Waals surface area contributed by atoms with Crippen molar-refractivity contribution in [1.29, 1.82) is 0 Å². The largest absolute Gasteiger partial charge is 0.467 e. The quantitative estimate of drug-likeness (QED) is 0.481. The van der Waals surface area contributed by atoms with Crippen LogP contribution in [0.15, 0.2) is 53.0 Å². The Morgan fingerprint density at radius 3 is 2.59 bits per heavy atom. The lowest BCUT2D eigenvalue weighted by Gasteiger charge is -2.11. The van der Waals surface area contributed by atoms with Crippen LogP contribution in [0.4, 0.5) is 23.2 Å². The van der Waals surface area contributed by atoms with Gasteiger partial charge in [0.25, 0.3) is 5.91 Å². The molecule has 0 fully saturated rings. The van der Waals surface area contributed by atoms with Crippen LogP contribution in [0.1, 0.15) is 5.69 Å². The summed E-state index contributed by atoms with van der Waals surface area (Å²) >= 11 is 9.12. The Hall–Kier alpha value is -2.59. The number of hydrogen-bond acceptors (Lipinski definition) is 3. The zero-order chi connectivity index (χ0) is 21.2. The molecule has 2 aromatic carbocycles. The number of amides is 1. The van der Waals surface area contributed by atoms with Crippen LogP contribution in [0, 0.1) is 5.82 Å². The van der Waals surface area contributed by atoms with E-state index in [1.165, 1.54) is 24.3 Å². The van der Waals surface area contributed by atoms with Crippen LogP contribution in [0.5, 0.6) is 5.88 Å². The maximum absolute atomic E-state index is 13.8. The summed E-state index contributed by atoms with van der Waals surface area (Å²) in [5.74, 6) is -1.81. The first kappa shape index (κ1) is 21.1. The first-order valence-electron chi connectivity index (χ1n) is 7.95. The molecule has 5 nitrogen and oxygen atoms in total. The van der Waals surface area contributed by atoms with Crippen LogP contribution in [0.25, 0.3) is 5.69 Å². The molecule has 1 heterocycles. The fraction of sp³-hybridized carbons (Fsp3) is 0.111. The van der Waals surface area contributed by atoms with Crippen LogP contribution in [-0.4, -0.2) is 22.3 Å². The van der Waals surface area contributed by atoms with Gasteiger partial charge in [0.15, 0.2) is 12.3 Å². The zero-order valence-electron chi connectivity index (χ0n) is 14.3. The second-order valence-electron chi connectivity index (χ2n) is 5.69. The molecular formula is C18H11BrClF4N3O2. The van der Waals surface area contributed by atoms with Crippen molar-refractivity contribution in [3.63, 3.8) is 0 Å². The summed E-state index contributed by atoms with van der Waals surface area (Å²) in [4.78, 5) is 12.0. The summed E-state index contributed by atoms with van der Waals surface area (Å²) in [6.45, 7) is -0.678. The highest BCUT2D eigenvalue weighted by Gasteiger charge is 2.36. The average molecular weight is 493 g/mol. The van der Waals surface area contributed by atoms with Gasteiger partial charge in [0.05, 0.1) is 16.4 Å². The van der Waals surface area contributed by atoms with E-state index in [4.69, 9.17) is 16.3 Å². The van der Waals surface area contributed by atoms with Crippen molar-refractivity contribution in [2.75, 3.05) is 11.9 Å². The third-order valence-corrected chi connectivity index (χ3v) is 4.42. The molecule has 0 unspecified atom stereocenters. The van der Waals surface area contributed by atoms with E-state index in [0.717, 1.165) is 10.7 Å². The molecule has 0 aliphatic heterocycles. The topological polar surface area (TPSA) is 56.1 Å². The number of carbonyl (C=O) groups excluding carboxylic acids is 1. The highest BCUT2D eigenvalue weighted by Crippen LogP contribution is 2.33. The van der Waals surface area contributed by atoms with Crippen molar-refractivity contribution in [2.45, 2.75) is 6.18 Å². The van der Waals surface area contributed by atoms with Crippen LogP contribution >= 0.6 is 27.5 Å². The van der Waals surface area contributed by atoms with Crippen molar-refractivity contribution in [1.82, 2.24) is 9.78 Å². The highest BCUT2D eigenvalue weighted by molar-refractivity contribution is 9.10. The molecule has 0 radical (unpaired) electrons. The number of ether oxygens (including phenoxy) is 1. The summed E-state index contributed by atoms with van der Waals surface area (Å²) in [5, 5.41) is 5.90. The molecule has 3 aromatic rings. The van der Waals surface area contributed by atoms with Crippen LogP contribution in [0.3, 0.4) is 0 Å². The van der Waals surface area contributed by atoms with Gasteiger partial charge in [-0.25, -0.2) is 4.39 Å². The molecule has 1 amide bonds. The Bertz CT molecular complexity index is 1060. The Balaban J connectivity index is 1.82. The number of anilines is 1. The maximum Gasteiger partial charge on any atom is 0.435 e. The molecule has 3 rings (SSSR count). The lowest BCUT2D eigenvalue weighted by molar-refractivity contribution is -0.141. The van der Waals surface area contributed by atoms with E-state index < -0.39 is 30.2 Å². The van der Waals surface area contributed by atoms with E-state index in [1.54, 1.807) is 12.1 Å². The second-order valence-corrected chi connectivity index (χ2v) is 7.01.